The van der Waals surface area contributed by atoms with Crippen molar-refractivity contribution in [3.05, 3.63) is 69.9 Å². The average molecular weight is 367 g/mol. The van der Waals surface area contributed by atoms with E-state index in [9.17, 15) is 9.18 Å². The Hall–Kier alpha value is -1.79. The molecule has 0 spiro atoms. The molecule has 6 heteroatoms. The van der Waals surface area contributed by atoms with Gasteiger partial charge in [0.1, 0.15) is 16.8 Å². The Morgan fingerprint density at radius 1 is 1.24 bits per heavy atom. The van der Waals surface area contributed by atoms with Crippen LogP contribution in [0, 0.1) is 5.82 Å². The summed E-state index contributed by atoms with van der Waals surface area (Å²) in [5, 5.41) is 2.72. The van der Waals surface area contributed by atoms with E-state index in [0.29, 0.717) is 4.47 Å². The molecule has 0 fully saturated rings. The molecule has 3 nitrogen and oxygen atoms in total. The van der Waals surface area contributed by atoms with E-state index < -0.39 is 17.8 Å². The first kappa shape index (κ1) is 15.6. The van der Waals surface area contributed by atoms with Crippen LogP contribution in [0.25, 0.3) is 0 Å². The van der Waals surface area contributed by atoms with Gasteiger partial charge in [0.15, 0.2) is 0 Å². The number of hydrogen-bond donors (Lipinski definition) is 2. The molecule has 2 aromatic rings. The third kappa shape index (κ3) is 3.86. The topological polar surface area (TPSA) is 55.1 Å². The molecule has 21 heavy (non-hydrogen) atoms. The van der Waals surface area contributed by atoms with Crippen molar-refractivity contribution in [3.63, 3.8) is 0 Å². The summed E-state index contributed by atoms with van der Waals surface area (Å²) in [5.41, 5.74) is 6.65. The summed E-state index contributed by atoms with van der Waals surface area (Å²) in [7, 11) is 0. The number of thiocarbonyl (C=S) groups is 1. The highest BCUT2D eigenvalue weighted by Crippen LogP contribution is 2.20. The summed E-state index contributed by atoms with van der Waals surface area (Å²) in [4.78, 5) is 12.4. The van der Waals surface area contributed by atoms with Gasteiger partial charge in [0.05, 0.1) is 5.56 Å². The normalized spacial score (nSPS) is 11.7. The maximum Gasteiger partial charge on any atom is 0.253 e. The van der Waals surface area contributed by atoms with Gasteiger partial charge in [-0.1, -0.05) is 42.5 Å². The molecule has 0 saturated heterocycles. The fourth-order valence-corrected chi connectivity index (χ4v) is 2.47. The Labute approximate surface area is 135 Å². The summed E-state index contributed by atoms with van der Waals surface area (Å²) in [6.07, 6.45) is 0. The monoisotopic (exact) mass is 366 g/mol. The lowest BCUT2D eigenvalue weighted by molar-refractivity contribution is 0.0945. The molecule has 1 atom stereocenters. The zero-order valence-electron chi connectivity index (χ0n) is 10.8. The molecule has 0 aliphatic heterocycles. The Morgan fingerprint density at radius 3 is 2.52 bits per heavy atom. The lowest BCUT2D eigenvalue weighted by Gasteiger charge is -2.18. The third-order valence-corrected chi connectivity index (χ3v) is 3.79. The van der Waals surface area contributed by atoms with Crippen LogP contribution < -0.4 is 11.1 Å². The lowest BCUT2D eigenvalue weighted by Crippen LogP contribution is -2.36. The number of nitrogens with two attached hydrogens (primary N) is 1. The summed E-state index contributed by atoms with van der Waals surface area (Å²) >= 11 is 8.23. The van der Waals surface area contributed by atoms with Crippen molar-refractivity contribution in [2.75, 3.05) is 0 Å². The van der Waals surface area contributed by atoms with Crippen LogP contribution in [0.1, 0.15) is 22.0 Å². The number of carbonyl (C=O) groups excluding carboxylic acids is 1. The quantitative estimate of drug-likeness (QED) is 0.815. The number of nitrogens with one attached hydrogen (secondary N) is 1. The van der Waals surface area contributed by atoms with E-state index in [-0.39, 0.29) is 10.6 Å². The summed E-state index contributed by atoms with van der Waals surface area (Å²) in [6.45, 7) is 0. The predicted octanol–water partition coefficient (Wildman–Crippen LogP) is 3.35. The molecule has 0 heterocycles. The first-order chi connectivity index (χ1) is 9.99. The van der Waals surface area contributed by atoms with Gasteiger partial charge in [-0.2, -0.15) is 0 Å². The van der Waals surface area contributed by atoms with E-state index in [4.69, 9.17) is 18.0 Å². The molecule has 1 amide bonds. The summed E-state index contributed by atoms with van der Waals surface area (Å²) in [5.74, 6) is -0.946. The minimum atomic E-state index is -0.608. The highest BCUT2D eigenvalue weighted by Gasteiger charge is 2.19. The number of rotatable bonds is 4. The number of hydrogen-bond acceptors (Lipinski definition) is 2. The van der Waals surface area contributed by atoms with Crippen LogP contribution >= 0.6 is 28.1 Å². The minimum Gasteiger partial charge on any atom is -0.391 e. The Morgan fingerprint density at radius 2 is 1.90 bits per heavy atom. The standard InChI is InChI=1S/C15H12BrFN2OS/c16-12-7-6-10(17)8-11(12)15(20)19-13(14(18)21)9-4-2-1-3-5-9/h1-8,13H,(H2,18,21)(H,19,20). The van der Waals surface area contributed by atoms with Crippen molar-refractivity contribution in [2.24, 2.45) is 5.73 Å². The van der Waals surface area contributed by atoms with Gasteiger partial charge in [-0.25, -0.2) is 4.39 Å². The van der Waals surface area contributed by atoms with Crippen molar-refractivity contribution < 1.29 is 9.18 Å². The first-order valence-corrected chi connectivity index (χ1v) is 7.29. The second-order valence-electron chi connectivity index (χ2n) is 4.34. The van der Waals surface area contributed by atoms with Gasteiger partial charge in [0.2, 0.25) is 0 Å². The molecular formula is C15H12BrFN2OS. The Kier molecular flexibility index (Phi) is 5.03. The molecular weight excluding hydrogens is 355 g/mol. The van der Waals surface area contributed by atoms with Crippen LogP contribution in [0.4, 0.5) is 4.39 Å². The molecule has 0 aromatic heterocycles. The largest absolute Gasteiger partial charge is 0.391 e. The van der Waals surface area contributed by atoms with E-state index in [1.54, 1.807) is 0 Å². The highest BCUT2D eigenvalue weighted by molar-refractivity contribution is 9.10. The van der Waals surface area contributed by atoms with E-state index in [0.717, 1.165) is 11.6 Å². The molecule has 2 rings (SSSR count). The fourth-order valence-electron chi connectivity index (χ4n) is 1.84. The van der Waals surface area contributed by atoms with Crippen molar-refractivity contribution in [2.45, 2.75) is 6.04 Å². The van der Waals surface area contributed by atoms with Gasteiger partial charge in [-0.15, -0.1) is 0 Å². The van der Waals surface area contributed by atoms with E-state index >= 15 is 0 Å². The molecule has 3 N–H and O–H groups in total. The van der Waals surface area contributed by atoms with E-state index in [2.05, 4.69) is 21.2 Å². The van der Waals surface area contributed by atoms with Gasteiger partial charge < -0.3 is 11.1 Å². The van der Waals surface area contributed by atoms with Crippen LogP contribution in [0.15, 0.2) is 53.0 Å². The molecule has 1 unspecified atom stereocenters. The molecule has 0 saturated carbocycles. The Balaban J connectivity index is 2.27. The van der Waals surface area contributed by atoms with Crippen molar-refractivity contribution in [1.29, 1.82) is 0 Å². The molecule has 0 bridgehead atoms. The zero-order chi connectivity index (χ0) is 15.4. The van der Waals surface area contributed by atoms with Crippen LogP contribution in [0.5, 0.6) is 0 Å². The van der Waals surface area contributed by atoms with Gasteiger partial charge in [0, 0.05) is 4.47 Å². The number of carbonyl (C=O) groups is 1. The van der Waals surface area contributed by atoms with Crippen molar-refractivity contribution in [1.82, 2.24) is 5.32 Å². The van der Waals surface area contributed by atoms with E-state index in [1.807, 2.05) is 30.3 Å². The summed E-state index contributed by atoms with van der Waals surface area (Å²) in [6, 6.07) is 12.4. The smallest absolute Gasteiger partial charge is 0.253 e. The number of amides is 1. The molecule has 2 aromatic carbocycles. The van der Waals surface area contributed by atoms with Gasteiger partial charge in [-0.05, 0) is 39.7 Å². The first-order valence-electron chi connectivity index (χ1n) is 6.09. The molecule has 0 radical (unpaired) electrons. The number of benzene rings is 2. The van der Waals surface area contributed by atoms with Crippen LogP contribution in [0.2, 0.25) is 0 Å². The molecule has 108 valence electrons. The maximum absolute atomic E-state index is 13.3. The van der Waals surface area contributed by atoms with Crippen molar-refractivity contribution in [3.8, 4) is 0 Å². The second-order valence-corrected chi connectivity index (χ2v) is 5.67. The van der Waals surface area contributed by atoms with Gasteiger partial charge in [0.25, 0.3) is 5.91 Å². The highest BCUT2D eigenvalue weighted by atomic mass is 79.9. The third-order valence-electron chi connectivity index (χ3n) is 2.87. The van der Waals surface area contributed by atoms with Crippen LogP contribution in [0.3, 0.4) is 0 Å². The zero-order valence-corrected chi connectivity index (χ0v) is 13.2. The van der Waals surface area contributed by atoms with Crippen LogP contribution in [-0.4, -0.2) is 10.9 Å². The lowest BCUT2D eigenvalue weighted by atomic mass is 10.1. The second kappa shape index (κ2) is 6.78. The fraction of sp³-hybridized carbons (Fsp3) is 0.0667. The molecule has 0 aliphatic carbocycles. The summed E-state index contributed by atoms with van der Waals surface area (Å²) < 4.78 is 13.8. The number of halogens is 2. The minimum absolute atomic E-state index is 0.141. The van der Waals surface area contributed by atoms with Gasteiger partial charge in [-0.3, -0.25) is 4.79 Å². The SMILES string of the molecule is NC(=S)C(NC(=O)c1cc(F)ccc1Br)c1ccccc1. The van der Waals surface area contributed by atoms with Gasteiger partial charge >= 0.3 is 0 Å². The predicted molar refractivity (Wildman–Crippen MR) is 87.5 cm³/mol. The van der Waals surface area contributed by atoms with Crippen LogP contribution in [-0.2, 0) is 0 Å². The van der Waals surface area contributed by atoms with E-state index in [1.165, 1.54) is 12.1 Å². The molecule has 0 aliphatic rings. The Bertz CT molecular complexity index is 679. The maximum atomic E-state index is 13.3. The average Bonchev–Trinajstić information content (AvgIpc) is 2.47. The van der Waals surface area contributed by atoms with Crippen molar-refractivity contribution >= 4 is 39.0 Å².